The molecule has 120 valence electrons. The molecule has 1 amide bonds. The maximum atomic E-state index is 13.1. The third kappa shape index (κ3) is 2.63. The molecule has 24 heavy (non-hydrogen) atoms. The fraction of sp³-hybridized carbons (Fsp3) is 0.111. The van der Waals surface area contributed by atoms with Crippen LogP contribution in [0.3, 0.4) is 0 Å². The summed E-state index contributed by atoms with van der Waals surface area (Å²) in [6.07, 6.45) is 2.15. The van der Waals surface area contributed by atoms with Crippen molar-refractivity contribution in [2.45, 2.75) is 12.3 Å². The Balaban J connectivity index is 1.80. The molecule has 1 unspecified atom stereocenters. The van der Waals surface area contributed by atoms with E-state index in [1.165, 1.54) is 12.1 Å². The van der Waals surface area contributed by atoms with Crippen molar-refractivity contribution in [2.75, 3.05) is 5.32 Å². The van der Waals surface area contributed by atoms with Gasteiger partial charge in [0.15, 0.2) is 0 Å². The molecule has 1 atom stereocenters. The summed E-state index contributed by atoms with van der Waals surface area (Å²) in [6.45, 7) is 0. The van der Waals surface area contributed by atoms with E-state index in [4.69, 9.17) is 0 Å². The number of hydrogen-bond donors (Lipinski definition) is 1. The lowest BCUT2D eigenvalue weighted by Crippen LogP contribution is -2.24. The van der Waals surface area contributed by atoms with Crippen molar-refractivity contribution >= 4 is 27.7 Å². The van der Waals surface area contributed by atoms with Gasteiger partial charge in [0, 0.05) is 22.4 Å². The van der Waals surface area contributed by atoms with Crippen LogP contribution in [0.2, 0.25) is 0 Å². The quantitative estimate of drug-likeness (QED) is 0.716. The highest BCUT2D eigenvalue weighted by atomic mass is 79.9. The van der Waals surface area contributed by atoms with Crippen LogP contribution < -0.4 is 5.32 Å². The minimum atomic E-state index is -0.309. The Hall–Kier alpha value is -2.47. The molecule has 4 nitrogen and oxygen atoms in total. The van der Waals surface area contributed by atoms with Crippen LogP contribution in [0.15, 0.2) is 59.2 Å². The summed E-state index contributed by atoms with van der Waals surface area (Å²) in [6, 6.07) is 14.0. The molecule has 0 saturated carbocycles. The van der Waals surface area contributed by atoms with E-state index in [1.54, 1.807) is 23.0 Å². The van der Waals surface area contributed by atoms with Crippen molar-refractivity contribution in [2.24, 2.45) is 0 Å². The fourth-order valence-electron chi connectivity index (χ4n) is 2.99. The Morgan fingerprint density at radius 2 is 1.83 bits per heavy atom. The molecular weight excluding hydrogens is 373 g/mol. The van der Waals surface area contributed by atoms with Crippen molar-refractivity contribution in [1.29, 1.82) is 0 Å². The van der Waals surface area contributed by atoms with Gasteiger partial charge in [-0.25, -0.2) is 9.07 Å². The molecule has 3 aromatic rings. The number of fused-ring (bicyclic) bond motifs is 1. The van der Waals surface area contributed by atoms with Gasteiger partial charge < -0.3 is 5.32 Å². The zero-order valence-electron chi connectivity index (χ0n) is 12.5. The van der Waals surface area contributed by atoms with E-state index in [0.29, 0.717) is 17.9 Å². The van der Waals surface area contributed by atoms with E-state index in [-0.39, 0.29) is 17.6 Å². The monoisotopic (exact) mass is 385 g/mol. The summed E-state index contributed by atoms with van der Waals surface area (Å²) in [5.41, 5.74) is 2.73. The number of aromatic nitrogens is 2. The lowest BCUT2D eigenvalue weighted by atomic mass is 9.87. The first kappa shape index (κ1) is 15.1. The molecule has 1 aromatic heterocycles. The number of halogens is 2. The Morgan fingerprint density at radius 1 is 1.12 bits per heavy atom. The summed E-state index contributed by atoms with van der Waals surface area (Å²) in [7, 11) is 0. The largest absolute Gasteiger partial charge is 0.310 e. The van der Waals surface area contributed by atoms with E-state index in [2.05, 4.69) is 26.3 Å². The standard InChI is InChI=1S/C18H13BrFN3O/c19-12-3-1-11(2-4-12)15-9-17(24)22-18-16(15)10-21-23(18)14-7-5-13(20)6-8-14/h1-8,10,15H,9H2,(H,22,24). The highest BCUT2D eigenvalue weighted by Gasteiger charge is 2.30. The number of hydrogen-bond acceptors (Lipinski definition) is 2. The molecule has 6 heteroatoms. The normalized spacial score (nSPS) is 16.6. The summed E-state index contributed by atoms with van der Waals surface area (Å²) in [5.74, 6) is 0.234. The van der Waals surface area contributed by atoms with Crippen molar-refractivity contribution in [3.8, 4) is 5.69 Å². The third-order valence-electron chi connectivity index (χ3n) is 4.16. The lowest BCUT2D eigenvalue weighted by Gasteiger charge is -2.23. The number of amides is 1. The summed E-state index contributed by atoms with van der Waals surface area (Å²) in [4.78, 5) is 12.2. The molecule has 0 fully saturated rings. The molecule has 1 aliphatic heterocycles. The Bertz CT molecular complexity index is 903. The Morgan fingerprint density at radius 3 is 2.54 bits per heavy atom. The second kappa shape index (κ2) is 5.87. The number of carbonyl (C=O) groups is 1. The Labute approximate surface area is 146 Å². The highest BCUT2D eigenvalue weighted by Crippen LogP contribution is 2.38. The third-order valence-corrected chi connectivity index (χ3v) is 4.69. The van der Waals surface area contributed by atoms with Crippen LogP contribution in [0, 0.1) is 5.82 Å². The highest BCUT2D eigenvalue weighted by molar-refractivity contribution is 9.10. The van der Waals surface area contributed by atoms with Crippen LogP contribution in [0.4, 0.5) is 10.2 Å². The lowest BCUT2D eigenvalue weighted by molar-refractivity contribution is -0.116. The second-order valence-corrected chi connectivity index (χ2v) is 6.61. The molecule has 2 heterocycles. The summed E-state index contributed by atoms with van der Waals surface area (Å²) >= 11 is 3.43. The average molecular weight is 386 g/mol. The molecule has 2 aromatic carbocycles. The predicted octanol–water partition coefficient (Wildman–Crippen LogP) is 4.25. The van der Waals surface area contributed by atoms with Gasteiger partial charge in [0.05, 0.1) is 11.9 Å². The Kier molecular flexibility index (Phi) is 3.69. The van der Waals surface area contributed by atoms with E-state index in [0.717, 1.165) is 15.6 Å². The first-order valence-electron chi connectivity index (χ1n) is 7.51. The molecule has 0 bridgehead atoms. The van der Waals surface area contributed by atoms with Gasteiger partial charge in [-0.1, -0.05) is 28.1 Å². The fourth-order valence-corrected chi connectivity index (χ4v) is 3.25. The van der Waals surface area contributed by atoms with Crippen LogP contribution >= 0.6 is 15.9 Å². The number of rotatable bonds is 2. The van der Waals surface area contributed by atoms with E-state index < -0.39 is 0 Å². The smallest absolute Gasteiger partial charge is 0.226 e. The average Bonchev–Trinajstić information content (AvgIpc) is 2.99. The molecule has 0 radical (unpaired) electrons. The van der Waals surface area contributed by atoms with E-state index in [9.17, 15) is 9.18 Å². The second-order valence-electron chi connectivity index (χ2n) is 5.69. The van der Waals surface area contributed by atoms with Gasteiger partial charge in [-0.3, -0.25) is 4.79 Å². The molecule has 0 aliphatic carbocycles. The molecule has 1 aliphatic rings. The minimum absolute atomic E-state index is 0.0453. The van der Waals surface area contributed by atoms with Gasteiger partial charge in [-0.2, -0.15) is 5.10 Å². The zero-order chi connectivity index (χ0) is 16.7. The van der Waals surface area contributed by atoms with Crippen LogP contribution in [-0.4, -0.2) is 15.7 Å². The zero-order valence-corrected chi connectivity index (χ0v) is 14.1. The molecule has 1 N–H and O–H groups in total. The number of carbonyl (C=O) groups excluding carboxylic acids is 1. The summed E-state index contributed by atoms with van der Waals surface area (Å²) in [5, 5.41) is 7.29. The summed E-state index contributed by atoms with van der Waals surface area (Å²) < 4.78 is 15.8. The van der Waals surface area contributed by atoms with Gasteiger partial charge in [-0.05, 0) is 42.0 Å². The first-order valence-corrected chi connectivity index (χ1v) is 8.30. The topological polar surface area (TPSA) is 46.9 Å². The maximum absolute atomic E-state index is 13.1. The number of nitrogens with one attached hydrogen (secondary N) is 1. The molecular formula is C18H13BrFN3O. The van der Waals surface area contributed by atoms with Crippen molar-refractivity contribution in [3.63, 3.8) is 0 Å². The van der Waals surface area contributed by atoms with Crippen LogP contribution in [0.25, 0.3) is 5.69 Å². The van der Waals surface area contributed by atoms with E-state index in [1.807, 2.05) is 24.3 Å². The minimum Gasteiger partial charge on any atom is -0.310 e. The van der Waals surface area contributed by atoms with Crippen molar-refractivity contribution < 1.29 is 9.18 Å². The van der Waals surface area contributed by atoms with Gasteiger partial charge in [0.25, 0.3) is 0 Å². The molecule has 4 rings (SSSR count). The first-order chi connectivity index (χ1) is 11.6. The van der Waals surface area contributed by atoms with Crippen LogP contribution in [0.5, 0.6) is 0 Å². The van der Waals surface area contributed by atoms with Crippen LogP contribution in [-0.2, 0) is 4.79 Å². The van der Waals surface area contributed by atoms with Gasteiger partial charge >= 0.3 is 0 Å². The number of nitrogens with zero attached hydrogens (tertiary/aromatic N) is 2. The van der Waals surface area contributed by atoms with Gasteiger partial charge in [-0.15, -0.1) is 0 Å². The maximum Gasteiger partial charge on any atom is 0.226 e. The SMILES string of the molecule is O=C1CC(c2ccc(Br)cc2)c2cnn(-c3ccc(F)cc3)c2N1. The number of anilines is 1. The molecule has 0 spiro atoms. The van der Waals surface area contributed by atoms with E-state index >= 15 is 0 Å². The molecule has 0 saturated heterocycles. The van der Waals surface area contributed by atoms with Gasteiger partial charge in [0.1, 0.15) is 11.6 Å². The van der Waals surface area contributed by atoms with Gasteiger partial charge in [0.2, 0.25) is 5.91 Å². The predicted molar refractivity (Wildman–Crippen MR) is 92.8 cm³/mol. The van der Waals surface area contributed by atoms with Crippen molar-refractivity contribution in [3.05, 3.63) is 76.1 Å². The number of benzene rings is 2. The van der Waals surface area contributed by atoms with Crippen LogP contribution in [0.1, 0.15) is 23.5 Å². The van der Waals surface area contributed by atoms with Crippen molar-refractivity contribution in [1.82, 2.24) is 9.78 Å².